The van der Waals surface area contributed by atoms with E-state index in [9.17, 15) is 4.79 Å². The summed E-state index contributed by atoms with van der Waals surface area (Å²) < 4.78 is 0. The fourth-order valence-corrected chi connectivity index (χ4v) is 4.36. The van der Waals surface area contributed by atoms with Crippen molar-refractivity contribution in [3.8, 4) is 0 Å². The lowest BCUT2D eigenvalue weighted by molar-refractivity contribution is -0.125. The van der Waals surface area contributed by atoms with E-state index in [4.69, 9.17) is 0 Å². The highest BCUT2D eigenvalue weighted by atomic mass is 16.1. The molecule has 2 saturated carbocycles. The SMILES string of the molecule is CC1(C)[C@H]2CC[C@]1(C)C(=O)/C2=C/C1CCCCN1. The molecular formula is C16H25NO. The summed E-state index contributed by atoms with van der Waals surface area (Å²) in [6, 6.07) is 0.441. The van der Waals surface area contributed by atoms with E-state index < -0.39 is 0 Å². The molecule has 0 radical (unpaired) electrons. The minimum atomic E-state index is -0.0990. The first-order valence-electron chi connectivity index (χ1n) is 7.47. The van der Waals surface area contributed by atoms with Crippen LogP contribution in [0.1, 0.15) is 52.9 Å². The van der Waals surface area contributed by atoms with Gasteiger partial charge in [-0.2, -0.15) is 0 Å². The average Bonchev–Trinajstić information content (AvgIpc) is 2.65. The van der Waals surface area contributed by atoms with Crippen molar-refractivity contribution in [3.05, 3.63) is 11.6 Å². The number of hydrogen-bond donors (Lipinski definition) is 1. The second-order valence-corrected chi connectivity index (χ2v) is 7.15. The van der Waals surface area contributed by atoms with Crippen molar-refractivity contribution in [2.24, 2.45) is 16.7 Å². The molecule has 3 atom stereocenters. The van der Waals surface area contributed by atoms with Crippen molar-refractivity contribution in [2.45, 2.75) is 58.9 Å². The molecule has 3 fully saturated rings. The summed E-state index contributed by atoms with van der Waals surface area (Å²) >= 11 is 0. The summed E-state index contributed by atoms with van der Waals surface area (Å²) in [5, 5.41) is 3.54. The third-order valence-electron chi connectivity index (χ3n) is 6.09. The smallest absolute Gasteiger partial charge is 0.165 e. The van der Waals surface area contributed by atoms with E-state index in [0.717, 1.165) is 18.5 Å². The van der Waals surface area contributed by atoms with Gasteiger partial charge in [0.25, 0.3) is 0 Å². The van der Waals surface area contributed by atoms with Crippen LogP contribution in [-0.2, 0) is 4.79 Å². The number of nitrogens with one attached hydrogen (secondary N) is 1. The zero-order chi connectivity index (χ0) is 13.0. The molecule has 3 rings (SSSR count). The van der Waals surface area contributed by atoms with Crippen LogP contribution in [0.25, 0.3) is 0 Å². The monoisotopic (exact) mass is 247 g/mol. The number of carbonyl (C=O) groups excluding carboxylic acids is 1. The number of piperidine rings is 1. The molecule has 1 saturated heterocycles. The maximum Gasteiger partial charge on any atom is 0.165 e. The van der Waals surface area contributed by atoms with Crippen molar-refractivity contribution in [3.63, 3.8) is 0 Å². The van der Waals surface area contributed by atoms with Crippen LogP contribution in [0.3, 0.4) is 0 Å². The molecule has 0 aromatic heterocycles. The molecule has 2 aliphatic carbocycles. The second kappa shape index (κ2) is 3.93. The Labute approximate surface area is 110 Å². The molecule has 18 heavy (non-hydrogen) atoms. The van der Waals surface area contributed by atoms with E-state index in [1.807, 2.05) is 0 Å². The van der Waals surface area contributed by atoms with E-state index in [2.05, 4.69) is 32.2 Å². The number of Topliss-reactive ketones (excluding diaryl/α,β-unsaturated/α-hetero) is 1. The van der Waals surface area contributed by atoms with Crippen LogP contribution >= 0.6 is 0 Å². The lowest BCUT2D eigenvalue weighted by Crippen LogP contribution is -2.34. The summed E-state index contributed by atoms with van der Waals surface area (Å²) in [6.45, 7) is 7.87. The highest BCUT2D eigenvalue weighted by Gasteiger charge is 2.63. The van der Waals surface area contributed by atoms with Gasteiger partial charge in [0.1, 0.15) is 0 Å². The molecule has 1 N–H and O–H groups in total. The van der Waals surface area contributed by atoms with Crippen molar-refractivity contribution in [1.29, 1.82) is 0 Å². The normalized spacial score (nSPS) is 44.8. The molecule has 0 amide bonds. The standard InChI is InChI=1S/C16H25NO/c1-15(2)13-7-8-16(15,3)14(18)12(13)10-11-6-4-5-9-17-11/h10-11,13,17H,4-9H2,1-3H3/b12-10+/t11?,13-,16+/m0/s1. The fourth-order valence-electron chi connectivity index (χ4n) is 4.36. The summed E-state index contributed by atoms with van der Waals surface area (Å²) in [7, 11) is 0. The van der Waals surface area contributed by atoms with Crippen LogP contribution in [0.5, 0.6) is 0 Å². The predicted molar refractivity (Wildman–Crippen MR) is 73.3 cm³/mol. The van der Waals surface area contributed by atoms with Gasteiger partial charge in [0.05, 0.1) is 0 Å². The molecule has 0 aromatic carbocycles. The van der Waals surface area contributed by atoms with Gasteiger partial charge < -0.3 is 5.32 Å². The first-order valence-corrected chi connectivity index (χ1v) is 7.47. The topological polar surface area (TPSA) is 29.1 Å². The van der Waals surface area contributed by atoms with Crippen LogP contribution in [0.15, 0.2) is 11.6 Å². The second-order valence-electron chi connectivity index (χ2n) is 7.15. The molecule has 2 heteroatoms. The Morgan fingerprint density at radius 2 is 2.00 bits per heavy atom. The van der Waals surface area contributed by atoms with E-state index >= 15 is 0 Å². The van der Waals surface area contributed by atoms with Crippen molar-refractivity contribution in [2.75, 3.05) is 6.54 Å². The number of allylic oxidation sites excluding steroid dienone is 1. The van der Waals surface area contributed by atoms with Crippen LogP contribution in [0.2, 0.25) is 0 Å². The van der Waals surface area contributed by atoms with Gasteiger partial charge in [-0.05, 0) is 49.1 Å². The van der Waals surface area contributed by atoms with E-state index in [1.54, 1.807) is 0 Å². The third-order valence-corrected chi connectivity index (χ3v) is 6.09. The minimum absolute atomic E-state index is 0.0990. The lowest BCUT2D eigenvalue weighted by atomic mass is 9.70. The quantitative estimate of drug-likeness (QED) is 0.721. The van der Waals surface area contributed by atoms with Gasteiger partial charge in [-0.1, -0.05) is 33.3 Å². The zero-order valence-electron chi connectivity index (χ0n) is 11.9. The van der Waals surface area contributed by atoms with Crippen molar-refractivity contribution < 1.29 is 4.79 Å². The highest BCUT2D eigenvalue weighted by Crippen LogP contribution is 2.65. The Balaban J connectivity index is 1.90. The van der Waals surface area contributed by atoms with Crippen molar-refractivity contribution in [1.82, 2.24) is 5.32 Å². The molecular weight excluding hydrogens is 222 g/mol. The number of ketones is 1. The summed E-state index contributed by atoms with van der Waals surface area (Å²) in [5.41, 5.74) is 1.20. The van der Waals surface area contributed by atoms with E-state index in [0.29, 0.717) is 17.7 Å². The molecule has 3 aliphatic rings. The van der Waals surface area contributed by atoms with Crippen LogP contribution in [0, 0.1) is 16.7 Å². The van der Waals surface area contributed by atoms with Crippen molar-refractivity contribution >= 4 is 5.78 Å². The Hall–Kier alpha value is -0.630. The zero-order valence-corrected chi connectivity index (χ0v) is 11.9. The van der Waals surface area contributed by atoms with Crippen LogP contribution < -0.4 is 5.32 Å². The molecule has 2 nitrogen and oxygen atoms in total. The van der Waals surface area contributed by atoms with Gasteiger partial charge in [0.15, 0.2) is 5.78 Å². The Morgan fingerprint density at radius 1 is 1.22 bits per heavy atom. The largest absolute Gasteiger partial charge is 0.310 e. The number of hydrogen-bond acceptors (Lipinski definition) is 2. The number of rotatable bonds is 1. The fraction of sp³-hybridized carbons (Fsp3) is 0.812. The molecule has 2 bridgehead atoms. The van der Waals surface area contributed by atoms with Gasteiger partial charge in [0.2, 0.25) is 0 Å². The number of carbonyl (C=O) groups is 1. The predicted octanol–water partition coefficient (Wildman–Crippen LogP) is 3.08. The lowest BCUT2D eigenvalue weighted by Gasteiger charge is -2.31. The Morgan fingerprint density at radius 3 is 2.56 bits per heavy atom. The minimum Gasteiger partial charge on any atom is -0.310 e. The van der Waals surface area contributed by atoms with E-state index in [1.165, 1.54) is 25.7 Å². The van der Waals surface area contributed by atoms with Crippen LogP contribution in [-0.4, -0.2) is 18.4 Å². The first-order chi connectivity index (χ1) is 8.47. The van der Waals surface area contributed by atoms with Crippen LogP contribution in [0.4, 0.5) is 0 Å². The molecule has 0 spiro atoms. The van der Waals surface area contributed by atoms with Gasteiger partial charge in [0, 0.05) is 11.5 Å². The summed E-state index contributed by atoms with van der Waals surface area (Å²) in [5.74, 6) is 0.940. The molecule has 0 aromatic rings. The average molecular weight is 247 g/mol. The molecule has 1 aliphatic heterocycles. The van der Waals surface area contributed by atoms with Gasteiger partial charge in [-0.15, -0.1) is 0 Å². The first kappa shape index (κ1) is 12.4. The highest BCUT2D eigenvalue weighted by molar-refractivity contribution is 6.04. The van der Waals surface area contributed by atoms with Gasteiger partial charge in [-0.25, -0.2) is 0 Å². The third kappa shape index (κ3) is 1.48. The van der Waals surface area contributed by atoms with Gasteiger partial charge in [-0.3, -0.25) is 4.79 Å². The van der Waals surface area contributed by atoms with Gasteiger partial charge >= 0.3 is 0 Å². The Bertz CT molecular complexity index is 403. The maximum atomic E-state index is 12.7. The molecule has 100 valence electrons. The molecule has 1 heterocycles. The number of fused-ring (bicyclic) bond motifs is 2. The summed E-state index contributed by atoms with van der Waals surface area (Å²) in [4.78, 5) is 12.7. The Kier molecular flexibility index (Phi) is 2.71. The summed E-state index contributed by atoms with van der Waals surface area (Å²) in [6.07, 6.45) is 8.33. The molecule has 1 unspecified atom stereocenters. The van der Waals surface area contributed by atoms with E-state index in [-0.39, 0.29) is 10.8 Å². The maximum absolute atomic E-state index is 12.7.